The summed E-state index contributed by atoms with van der Waals surface area (Å²) in [5.41, 5.74) is 0. The van der Waals surface area contributed by atoms with Gasteiger partial charge in [0.15, 0.2) is 6.29 Å². The molecule has 0 amide bonds. The van der Waals surface area contributed by atoms with E-state index in [0.29, 0.717) is 19.6 Å². The second-order valence-corrected chi connectivity index (χ2v) is 2.50. The SMILES string of the molecule is CCOCOC(CCO)OCOCC. The second kappa shape index (κ2) is 10.9. The summed E-state index contributed by atoms with van der Waals surface area (Å²) in [6.07, 6.45) is -0.0433. The molecule has 0 radical (unpaired) electrons. The molecule has 5 nitrogen and oxygen atoms in total. The Morgan fingerprint density at radius 1 is 1.00 bits per heavy atom. The van der Waals surface area contributed by atoms with Crippen LogP contribution in [0.2, 0.25) is 0 Å². The molecular weight excluding hydrogens is 188 g/mol. The third-order valence-electron chi connectivity index (χ3n) is 1.45. The first-order chi connectivity index (χ1) is 6.85. The van der Waals surface area contributed by atoms with Crippen molar-refractivity contribution < 1.29 is 24.1 Å². The molecule has 0 atom stereocenters. The molecule has 0 spiro atoms. The molecule has 0 unspecified atom stereocenters. The van der Waals surface area contributed by atoms with E-state index in [2.05, 4.69) is 0 Å². The molecule has 0 saturated heterocycles. The fourth-order valence-electron chi connectivity index (χ4n) is 0.735. The van der Waals surface area contributed by atoms with Crippen LogP contribution >= 0.6 is 0 Å². The molecule has 0 heterocycles. The Balaban J connectivity index is 3.44. The van der Waals surface area contributed by atoms with E-state index < -0.39 is 6.29 Å². The van der Waals surface area contributed by atoms with E-state index in [-0.39, 0.29) is 20.2 Å². The van der Waals surface area contributed by atoms with Gasteiger partial charge in [0.2, 0.25) is 0 Å². The highest BCUT2D eigenvalue weighted by atomic mass is 16.8. The summed E-state index contributed by atoms with van der Waals surface area (Å²) in [6.45, 7) is 5.31. The van der Waals surface area contributed by atoms with E-state index in [9.17, 15) is 0 Å². The molecular formula is C9H20O5. The predicted molar refractivity (Wildman–Crippen MR) is 50.6 cm³/mol. The van der Waals surface area contributed by atoms with E-state index in [4.69, 9.17) is 24.1 Å². The van der Waals surface area contributed by atoms with Crippen LogP contribution in [0.15, 0.2) is 0 Å². The average molecular weight is 208 g/mol. The van der Waals surface area contributed by atoms with Gasteiger partial charge in [-0.1, -0.05) is 0 Å². The fourth-order valence-corrected chi connectivity index (χ4v) is 0.735. The van der Waals surface area contributed by atoms with Gasteiger partial charge >= 0.3 is 0 Å². The molecule has 0 fully saturated rings. The summed E-state index contributed by atoms with van der Waals surface area (Å²) < 4.78 is 20.4. The quantitative estimate of drug-likeness (QED) is 0.423. The summed E-state index contributed by atoms with van der Waals surface area (Å²) >= 11 is 0. The van der Waals surface area contributed by atoms with Gasteiger partial charge in [-0.25, -0.2) is 0 Å². The van der Waals surface area contributed by atoms with E-state index in [1.807, 2.05) is 13.8 Å². The third-order valence-corrected chi connectivity index (χ3v) is 1.45. The smallest absolute Gasteiger partial charge is 0.165 e. The Bertz CT molecular complexity index is 99.4. The monoisotopic (exact) mass is 208 g/mol. The van der Waals surface area contributed by atoms with Crippen molar-refractivity contribution in [3.05, 3.63) is 0 Å². The number of aliphatic hydroxyl groups is 1. The van der Waals surface area contributed by atoms with Gasteiger partial charge < -0.3 is 24.1 Å². The van der Waals surface area contributed by atoms with Crippen LogP contribution in [0.4, 0.5) is 0 Å². The van der Waals surface area contributed by atoms with Gasteiger partial charge in [-0.3, -0.25) is 0 Å². The Morgan fingerprint density at radius 3 is 1.86 bits per heavy atom. The Hall–Kier alpha value is -0.200. The number of hydrogen-bond donors (Lipinski definition) is 1. The van der Waals surface area contributed by atoms with Gasteiger partial charge in [0.1, 0.15) is 13.6 Å². The first-order valence-electron chi connectivity index (χ1n) is 4.84. The number of ether oxygens (including phenoxy) is 4. The maximum atomic E-state index is 8.71. The van der Waals surface area contributed by atoms with Crippen LogP contribution in [0.1, 0.15) is 20.3 Å². The van der Waals surface area contributed by atoms with Gasteiger partial charge in [0.05, 0.1) is 0 Å². The highest BCUT2D eigenvalue weighted by molar-refractivity contribution is 4.40. The summed E-state index contributed by atoms with van der Waals surface area (Å²) in [5.74, 6) is 0. The minimum Gasteiger partial charge on any atom is -0.396 e. The fraction of sp³-hybridized carbons (Fsp3) is 1.00. The normalized spacial score (nSPS) is 11.1. The molecule has 86 valence electrons. The van der Waals surface area contributed by atoms with E-state index >= 15 is 0 Å². The van der Waals surface area contributed by atoms with Crippen LogP contribution in [-0.2, 0) is 18.9 Å². The largest absolute Gasteiger partial charge is 0.396 e. The van der Waals surface area contributed by atoms with Crippen LogP contribution in [0, 0.1) is 0 Å². The highest BCUT2D eigenvalue weighted by Crippen LogP contribution is 2.00. The Morgan fingerprint density at radius 2 is 1.50 bits per heavy atom. The molecule has 0 aliphatic carbocycles. The number of rotatable bonds is 10. The van der Waals surface area contributed by atoms with Gasteiger partial charge in [0.25, 0.3) is 0 Å². The van der Waals surface area contributed by atoms with Crippen molar-refractivity contribution in [1.82, 2.24) is 0 Å². The lowest BCUT2D eigenvalue weighted by molar-refractivity contribution is -0.230. The van der Waals surface area contributed by atoms with Crippen molar-refractivity contribution in [1.29, 1.82) is 0 Å². The Labute approximate surface area is 84.9 Å². The first-order valence-corrected chi connectivity index (χ1v) is 4.84. The summed E-state index contributed by atoms with van der Waals surface area (Å²) in [4.78, 5) is 0. The highest BCUT2D eigenvalue weighted by Gasteiger charge is 2.08. The first kappa shape index (κ1) is 13.8. The Kier molecular flexibility index (Phi) is 10.7. The third kappa shape index (κ3) is 8.40. The average Bonchev–Trinajstić information content (AvgIpc) is 2.18. The lowest BCUT2D eigenvalue weighted by Gasteiger charge is -2.17. The molecule has 0 aromatic heterocycles. The molecule has 14 heavy (non-hydrogen) atoms. The van der Waals surface area contributed by atoms with Crippen molar-refractivity contribution >= 4 is 0 Å². The van der Waals surface area contributed by atoms with Crippen molar-refractivity contribution in [2.45, 2.75) is 26.6 Å². The van der Waals surface area contributed by atoms with Gasteiger partial charge in [-0.15, -0.1) is 0 Å². The zero-order chi connectivity index (χ0) is 10.6. The molecule has 0 aromatic carbocycles. The van der Waals surface area contributed by atoms with Crippen molar-refractivity contribution in [2.75, 3.05) is 33.4 Å². The van der Waals surface area contributed by atoms with Gasteiger partial charge in [-0.2, -0.15) is 0 Å². The zero-order valence-electron chi connectivity index (χ0n) is 8.90. The lowest BCUT2D eigenvalue weighted by Crippen LogP contribution is -2.21. The van der Waals surface area contributed by atoms with Crippen LogP contribution < -0.4 is 0 Å². The molecule has 0 bridgehead atoms. The van der Waals surface area contributed by atoms with Crippen LogP contribution in [-0.4, -0.2) is 44.8 Å². The van der Waals surface area contributed by atoms with Crippen molar-refractivity contribution in [2.24, 2.45) is 0 Å². The maximum Gasteiger partial charge on any atom is 0.165 e. The van der Waals surface area contributed by atoms with E-state index in [1.165, 1.54) is 0 Å². The molecule has 0 aliphatic heterocycles. The van der Waals surface area contributed by atoms with Crippen molar-refractivity contribution in [3.63, 3.8) is 0 Å². The molecule has 0 rings (SSSR count). The van der Waals surface area contributed by atoms with Crippen LogP contribution in [0.25, 0.3) is 0 Å². The summed E-state index contributed by atoms with van der Waals surface area (Å²) in [6, 6.07) is 0. The predicted octanol–water partition coefficient (Wildman–Crippen LogP) is 0.716. The van der Waals surface area contributed by atoms with Crippen LogP contribution in [0.3, 0.4) is 0 Å². The molecule has 5 heteroatoms. The molecule has 0 aromatic rings. The topological polar surface area (TPSA) is 57.2 Å². The number of aliphatic hydroxyl groups excluding tert-OH is 1. The maximum absolute atomic E-state index is 8.71. The van der Waals surface area contributed by atoms with Gasteiger partial charge in [0, 0.05) is 26.2 Å². The van der Waals surface area contributed by atoms with Crippen molar-refractivity contribution in [3.8, 4) is 0 Å². The second-order valence-electron chi connectivity index (χ2n) is 2.50. The van der Waals surface area contributed by atoms with E-state index in [0.717, 1.165) is 0 Å². The summed E-state index contributed by atoms with van der Waals surface area (Å²) in [7, 11) is 0. The lowest BCUT2D eigenvalue weighted by atomic mass is 10.4. The van der Waals surface area contributed by atoms with Gasteiger partial charge in [-0.05, 0) is 13.8 Å². The minimum atomic E-state index is -0.460. The zero-order valence-corrected chi connectivity index (χ0v) is 8.90. The standard InChI is InChI=1S/C9H20O5/c1-3-11-7-13-9(5-6-10)14-8-12-4-2/h9-10H,3-8H2,1-2H3. The van der Waals surface area contributed by atoms with E-state index in [1.54, 1.807) is 0 Å². The number of hydrogen-bond acceptors (Lipinski definition) is 5. The molecule has 1 N–H and O–H groups in total. The molecule has 0 saturated carbocycles. The molecule has 0 aliphatic rings. The minimum absolute atomic E-state index is 0.0168. The van der Waals surface area contributed by atoms with Crippen LogP contribution in [0.5, 0.6) is 0 Å². The summed E-state index contributed by atoms with van der Waals surface area (Å²) in [5, 5.41) is 8.71.